The van der Waals surface area contributed by atoms with Gasteiger partial charge < -0.3 is 0 Å². The number of rotatable bonds is 0. The predicted molar refractivity (Wildman–Crippen MR) is 64.6 cm³/mol. The van der Waals surface area contributed by atoms with E-state index >= 15 is 0 Å². The second-order valence-corrected chi connectivity index (χ2v) is 15.4. The molecule has 0 saturated carbocycles. The van der Waals surface area contributed by atoms with E-state index in [0.717, 1.165) is 0 Å². The molecular weight excluding hydrogens is 485 g/mol. The average molecular weight is 485 g/mol. The quantitative estimate of drug-likeness (QED) is 0.385. The van der Waals surface area contributed by atoms with E-state index in [4.69, 9.17) is 46.4 Å². The van der Waals surface area contributed by atoms with E-state index < -0.39 is 3.25 Å². The minimum absolute atomic E-state index is 0.250. The Hall–Kier alpha value is 3.08. The number of alkyl halides is 8. The molecule has 0 N–H and O–H groups in total. The van der Waals surface area contributed by atoms with Crippen LogP contribution in [0.5, 0.6) is 0 Å². The lowest BCUT2D eigenvalue weighted by molar-refractivity contribution is 1.76. The third-order valence-corrected chi connectivity index (χ3v) is 0. The van der Waals surface area contributed by atoms with Crippen LogP contribution in [0.25, 0.3) is 0 Å². The lowest BCUT2D eigenvalue weighted by Crippen LogP contribution is -1.81. The van der Waals surface area contributed by atoms with Gasteiger partial charge in [0.25, 0.3) is 3.25 Å². The molecule has 8 heteroatoms. The summed E-state index contributed by atoms with van der Waals surface area (Å²) in [4.78, 5) is 0. The van der Waals surface area contributed by atoms with Crippen LogP contribution in [0.4, 0.5) is 0 Å². The first-order valence-electron chi connectivity index (χ1n) is 1.51. The van der Waals surface area contributed by atoms with Crippen molar-refractivity contribution in [2.24, 2.45) is 0 Å². The molecule has 0 nitrogen and oxygen atoms in total. The molecule has 0 amide bonds. The minimum Gasteiger partial charge on any atom is -0.0664 e. The third-order valence-electron chi connectivity index (χ3n) is 0. The van der Waals surface area contributed by atoms with Gasteiger partial charge in [-0.3, -0.25) is 0 Å². The predicted octanol–water partition coefficient (Wildman–Crippen LogP) is 5.73. The molecule has 0 aromatic rings. The molecule has 0 aliphatic carbocycles. The molecule has 0 bridgehead atoms. The Labute approximate surface area is 113 Å². The summed E-state index contributed by atoms with van der Waals surface area (Å²) in [5.74, 6) is 0. The Kier molecular flexibility index (Phi) is 10.1. The fourth-order valence-electron chi connectivity index (χ4n) is 0. The summed E-state index contributed by atoms with van der Waals surface area (Å²) in [6, 6.07) is 0. The maximum atomic E-state index is 4.83. The van der Waals surface area contributed by atoms with Gasteiger partial charge in [0.1, 0.15) is 0 Å². The van der Waals surface area contributed by atoms with Crippen LogP contribution in [0.3, 0.4) is 0 Å². The van der Waals surface area contributed by atoms with Crippen molar-refractivity contribution in [2.45, 2.75) is 4.30 Å². The lowest BCUT2D eigenvalue weighted by atomic mass is 11.8. The standard InChI is InChI=1S/CBr4.CCl4/c2*2-1(3,4)5. The fraction of sp³-hybridized carbons (Fsp3) is 1.00. The van der Waals surface area contributed by atoms with Crippen LogP contribution in [0.1, 0.15) is 0 Å². The van der Waals surface area contributed by atoms with Crippen molar-refractivity contribution in [2.75, 3.05) is 0 Å². The van der Waals surface area contributed by atoms with Crippen LogP contribution in [-0.2, 0) is 0 Å². The highest BCUT2D eigenvalue weighted by Crippen LogP contribution is 2.39. The molecule has 0 radical (unpaired) electrons. The first-order valence-corrected chi connectivity index (χ1v) is 6.20. The van der Waals surface area contributed by atoms with Crippen molar-refractivity contribution >= 4 is 110 Å². The van der Waals surface area contributed by atoms with Gasteiger partial charge in [-0.2, -0.15) is 0 Å². The Morgan fingerprint density at radius 3 is 0.700 bits per heavy atom. The highest BCUT2D eigenvalue weighted by atomic mass is 80.0. The van der Waals surface area contributed by atoms with Gasteiger partial charge in [0.05, 0.1) is 0 Å². The second-order valence-electron chi connectivity index (χ2n) is 0.857. The normalized spacial score (nSPS) is 12.0. The van der Waals surface area contributed by atoms with E-state index in [2.05, 4.69) is 63.7 Å². The van der Waals surface area contributed by atoms with Crippen LogP contribution < -0.4 is 0 Å². The first-order chi connectivity index (χ1) is 4.00. The zero-order chi connectivity index (χ0) is 9.00. The molecule has 0 fully saturated rings. The summed E-state index contributed by atoms with van der Waals surface area (Å²) in [6.45, 7) is 0. The first kappa shape index (κ1) is 15.5. The summed E-state index contributed by atoms with van der Waals surface area (Å²) in [6.07, 6.45) is 0. The molecule has 0 aliphatic heterocycles. The van der Waals surface area contributed by atoms with Gasteiger partial charge in [0.2, 0.25) is 0 Å². The maximum Gasteiger partial charge on any atom is 0.266 e. The molecule has 0 heterocycles. The van der Waals surface area contributed by atoms with E-state index in [1.165, 1.54) is 0 Å². The molecule has 0 aromatic heterocycles. The SMILES string of the molecule is BrC(Br)(Br)Br.ClC(Cl)(Cl)Cl. The summed E-state index contributed by atoms with van der Waals surface area (Å²) in [5, 5.41) is 0. The van der Waals surface area contributed by atoms with Gasteiger partial charge in [-0.15, -0.1) is 0 Å². The summed E-state index contributed by atoms with van der Waals surface area (Å²) in [5.41, 5.74) is 0. The molecule has 64 valence electrons. The number of hydrogen-bond donors (Lipinski definition) is 0. The van der Waals surface area contributed by atoms with Crippen molar-refractivity contribution in [3.63, 3.8) is 0 Å². The zero-order valence-corrected chi connectivity index (χ0v) is 13.4. The largest absolute Gasteiger partial charge is 0.266 e. The van der Waals surface area contributed by atoms with Crippen LogP contribution in [0, 0.1) is 0 Å². The van der Waals surface area contributed by atoms with Gasteiger partial charge in [0.15, 0.2) is 1.05 Å². The van der Waals surface area contributed by atoms with Crippen molar-refractivity contribution in [3.05, 3.63) is 0 Å². The van der Waals surface area contributed by atoms with E-state index in [1.807, 2.05) is 0 Å². The van der Waals surface area contributed by atoms with E-state index in [1.54, 1.807) is 0 Å². The van der Waals surface area contributed by atoms with Crippen molar-refractivity contribution in [3.8, 4) is 0 Å². The highest BCUT2D eigenvalue weighted by molar-refractivity contribution is 9.52. The highest BCUT2D eigenvalue weighted by Gasteiger charge is 2.11. The zero-order valence-electron chi connectivity index (χ0n) is 4.02. The van der Waals surface area contributed by atoms with Gasteiger partial charge >= 0.3 is 0 Å². The average Bonchev–Trinajstić information content (AvgIpc) is 1.12. The molecule has 0 rings (SSSR count). The molecule has 10 heavy (non-hydrogen) atoms. The fourth-order valence-corrected chi connectivity index (χ4v) is 0. The minimum atomic E-state index is -1.61. The topological polar surface area (TPSA) is 0 Å². The smallest absolute Gasteiger partial charge is 0.0664 e. The Bertz CT molecular complexity index is 58.2. The van der Waals surface area contributed by atoms with E-state index in [9.17, 15) is 0 Å². The van der Waals surface area contributed by atoms with Crippen molar-refractivity contribution in [1.29, 1.82) is 0 Å². The Morgan fingerprint density at radius 1 is 0.700 bits per heavy atom. The van der Waals surface area contributed by atoms with Gasteiger partial charge in [-0.1, -0.05) is 46.4 Å². The molecule has 0 unspecified atom stereocenters. The summed E-state index contributed by atoms with van der Waals surface area (Å²) >= 11 is 31.8. The molecular formula is C2Br4Cl4. The van der Waals surface area contributed by atoms with Crippen LogP contribution in [-0.4, -0.2) is 4.30 Å². The molecule has 0 aliphatic rings. The van der Waals surface area contributed by atoms with Gasteiger partial charge in [-0.05, 0) is 63.7 Å². The second kappa shape index (κ2) is 6.52. The van der Waals surface area contributed by atoms with E-state index in [-0.39, 0.29) is 1.05 Å². The van der Waals surface area contributed by atoms with Crippen LogP contribution in [0.2, 0.25) is 0 Å². The van der Waals surface area contributed by atoms with Gasteiger partial charge in [0, 0.05) is 0 Å². The molecule has 0 spiro atoms. The van der Waals surface area contributed by atoms with Crippen molar-refractivity contribution < 1.29 is 0 Å². The lowest BCUT2D eigenvalue weighted by Gasteiger charge is -1.93. The monoisotopic (exact) mass is 480 g/mol. The number of halogens is 8. The van der Waals surface area contributed by atoms with Crippen LogP contribution in [0.15, 0.2) is 0 Å². The third kappa shape index (κ3) is 119. The van der Waals surface area contributed by atoms with Crippen molar-refractivity contribution in [1.82, 2.24) is 0 Å². The Balaban J connectivity index is 0. The summed E-state index contributed by atoms with van der Waals surface area (Å²) < 4.78 is -1.86. The van der Waals surface area contributed by atoms with E-state index in [0.29, 0.717) is 0 Å². The Morgan fingerprint density at radius 2 is 0.700 bits per heavy atom. The molecule has 0 atom stereocenters. The molecule has 0 saturated heterocycles. The number of hydrogen-bond acceptors (Lipinski definition) is 0. The van der Waals surface area contributed by atoms with Crippen LogP contribution >= 0.6 is 110 Å². The van der Waals surface area contributed by atoms with Gasteiger partial charge in [-0.25, -0.2) is 0 Å². The maximum absolute atomic E-state index is 4.83. The molecule has 0 aromatic carbocycles. The summed E-state index contributed by atoms with van der Waals surface area (Å²) in [7, 11) is 0.